The van der Waals surface area contributed by atoms with Crippen molar-refractivity contribution in [2.45, 2.75) is 12.3 Å². The SMILES string of the molecule is COC(=O)C1=CC(=O)N2C=C(C(=O)Nc3ccccc3)C(C)=C(C#N)C2S1. The Balaban J connectivity index is 1.96. The zero-order valence-electron chi connectivity index (χ0n) is 14.6. The second-order valence-corrected chi connectivity index (χ2v) is 6.85. The average molecular weight is 381 g/mol. The van der Waals surface area contributed by atoms with E-state index in [1.807, 2.05) is 6.07 Å². The third-order valence-electron chi connectivity index (χ3n) is 4.11. The van der Waals surface area contributed by atoms with Gasteiger partial charge in [-0.25, -0.2) is 4.79 Å². The molecule has 0 aliphatic carbocycles. The van der Waals surface area contributed by atoms with Crippen molar-refractivity contribution in [3.8, 4) is 6.07 Å². The second-order valence-electron chi connectivity index (χ2n) is 5.73. The summed E-state index contributed by atoms with van der Waals surface area (Å²) < 4.78 is 4.66. The standard InChI is InChI=1S/C19H15N3O4S/c1-11-13(9-20)18-22(16(23)8-15(27-18)19(25)26-2)10-14(11)17(24)21-12-6-4-3-5-7-12/h3-8,10,18H,1-2H3,(H,21,24). The zero-order valence-corrected chi connectivity index (χ0v) is 15.4. The first-order valence-corrected chi connectivity index (χ1v) is 8.82. The van der Waals surface area contributed by atoms with Gasteiger partial charge in [-0.15, -0.1) is 0 Å². The molecule has 2 aliphatic rings. The van der Waals surface area contributed by atoms with Gasteiger partial charge < -0.3 is 10.1 Å². The highest BCUT2D eigenvalue weighted by atomic mass is 32.2. The van der Waals surface area contributed by atoms with Crippen LogP contribution in [0.25, 0.3) is 0 Å². The molecule has 2 aliphatic heterocycles. The lowest BCUT2D eigenvalue weighted by atomic mass is 9.97. The van der Waals surface area contributed by atoms with Gasteiger partial charge in [0, 0.05) is 18.0 Å². The number of hydrogen-bond acceptors (Lipinski definition) is 6. The number of fused-ring (bicyclic) bond motifs is 1. The van der Waals surface area contributed by atoms with Crippen LogP contribution in [-0.2, 0) is 19.1 Å². The Morgan fingerprint density at radius 3 is 2.63 bits per heavy atom. The highest BCUT2D eigenvalue weighted by Crippen LogP contribution is 2.40. The van der Waals surface area contributed by atoms with Crippen LogP contribution in [0.1, 0.15) is 6.92 Å². The molecule has 0 saturated carbocycles. The van der Waals surface area contributed by atoms with Crippen LogP contribution in [0.3, 0.4) is 0 Å². The molecule has 0 radical (unpaired) electrons. The number of hydrogen-bond donors (Lipinski definition) is 1. The molecule has 2 heterocycles. The summed E-state index contributed by atoms with van der Waals surface area (Å²) in [5.41, 5.74) is 1.52. The molecule has 1 aromatic rings. The minimum atomic E-state index is -0.713. The average Bonchev–Trinajstić information content (AvgIpc) is 2.67. The highest BCUT2D eigenvalue weighted by molar-refractivity contribution is 8.04. The van der Waals surface area contributed by atoms with Crippen molar-refractivity contribution >= 4 is 35.2 Å². The minimum Gasteiger partial charge on any atom is -0.465 e. The van der Waals surface area contributed by atoms with Gasteiger partial charge in [-0.2, -0.15) is 5.26 Å². The minimum absolute atomic E-state index is 0.120. The van der Waals surface area contributed by atoms with Gasteiger partial charge in [0.25, 0.3) is 11.8 Å². The molecule has 7 nitrogen and oxygen atoms in total. The number of esters is 1. The van der Waals surface area contributed by atoms with Gasteiger partial charge in [-0.1, -0.05) is 30.0 Å². The van der Waals surface area contributed by atoms with Crippen molar-refractivity contribution in [3.05, 3.63) is 64.2 Å². The van der Waals surface area contributed by atoms with Crippen LogP contribution in [-0.4, -0.2) is 35.2 Å². The van der Waals surface area contributed by atoms with E-state index in [0.29, 0.717) is 11.3 Å². The number of methoxy groups -OCH3 is 1. The summed E-state index contributed by atoms with van der Waals surface area (Å²) >= 11 is 1.04. The Morgan fingerprint density at radius 1 is 1.30 bits per heavy atom. The molecular formula is C19H15N3O4S. The Kier molecular flexibility index (Phi) is 5.14. The van der Waals surface area contributed by atoms with E-state index < -0.39 is 23.2 Å². The molecule has 3 rings (SSSR count). The Bertz CT molecular complexity index is 957. The van der Waals surface area contributed by atoms with Crippen molar-refractivity contribution in [1.82, 2.24) is 4.90 Å². The highest BCUT2D eigenvalue weighted by Gasteiger charge is 2.39. The summed E-state index contributed by atoms with van der Waals surface area (Å²) in [5, 5.41) is 11.6. The smallest absolute Gasteiger partial charge is 0.344 e. The molecule has 0 aromatic heterocycles. The lowest BCUT2D eigenvalue weighted by Gasteiger charge is -2.35. The van der Waals surface area contributed by atoms with E-state index >= 15 is 0 Å². The molecule has 0 spiro atoms. The lowest BCUT2D eigenvalue weighted by Crippen LogP contribution is -2.41. The van der Waals surface area contributed by atoms with Gasteiger partial charge in [0.2, 0.25) is 0 Å². The topological polar surface area (TPSA) is 99.5 Å². The van der Waals surface area contributed by atoms with Crippen LogP contribution >= 0.6 is 11.8 Å². The number of ether oxygens (including phenoxy) is 1. The van der Waals surface area contributed by atoms with Gasteiger partial charge in [-0.05, 0) is 24.6 Å². The fourth-order valence-corrected chi connectivity index (χ4v) is 3.92. The molecule has 1 aromatic carbocycles. The van der Waals surface area contributed by atoms with Crippen LogP contribution in [0.15, 0.2) is 64.2 Å². The summed E-state index contributed by atoms with van der Waals surface area (Å²) in [6.07, 6.45) is 2.56. The summed E-state index contributed by atoms with van der Waals surface area (Å²) in [7, 11) is 1.22. The fourth-order valence-electron chi connectivity index (χ4n) is 2.70. The van der Waals surface area contributed by atoms with Crippen LogP contribution in [0.5, 0.6) is 0 Å². The molecule has 8 heteroatoms. The first-order valence-electron chi connectivity index (χ1n) is 7.94. The van der Waals surface area contributed by atoms with E-state index in [-0.39, 0.29) is 16.1 Å². The normalized spacial score (nSPS) is 18.8. The number of carbonyl (C=O) groups excluding carboxylic acids is 3. The van der Waals surface area contributed by atoms with Gasteiger partial charge in [-0.3, -0.25) is 14.5 Å². The first kappa shape index (κ1) is 18.5. The number of nitrogens with one attached hydrogen (secondary N) is 1. The summed E-state index contributed by atoms with van der Waals surface area (Å²) in [5.74, 6) is -1.56. The molecule has 0 fully saturated rings. The molecule has 27 heavy (non-hydrogen) atoms. The maximum Gasteiger partial charge on any atom is 0.344 e. The molecule has 0 bridgehead atoms. The largest absolute Gasteiger partial charge is 0.465 e. The number of anilines is 1. The number of nitriles is 1. The third-order valence-corrected chi connectivity index (χ3v) is 5.33. The molecule has 0 saturated heterocycles. The van der Waals surface area contributed by atoms with Crippen molar-refractivity contribution < 1.29 is 19.1 Å². The molecule has 1 atom stereocenters. The second kappa shape index (κ2) is 7.51. The van der Waals surface area contributed by atoms with Gasteiger partial charge in [0.05, 0.1) is 24.3 Å². The van der Waals surface area contributed by atoms with E-state index in [0.717, 1.165) is 17.8 Å². The lowest BCUT2D eigenvalue weighted by molar-refractivity contribution is -0.136. The summed E-state index contributed by atoms with van der Waals surface area (Å²) in [6.45, 7) is 1.65. The number of para-hydroxylation sites is 1. The Labute approximate surface area is 160 Å². The van der Waals surface area contributed by atoms with Crippen LogP contribution in [0.4, 0.5) is 5.69 Å². The van der Waals surface area contributed by atoms with Crippen LogP contribution in [0, 0.1) is 11.3 Å². The molecule has 2 amide bonds. The van der Waals surface area contributed by atoms with Crippen LogP contribution in [0.2, 0.25) is 0 Å². The van der Waals surface area contributed by atoms with Gasteiger partial charge in [0.1, 0.15) is 10.3 Å². The number of amides is 2. The van der Waals surface area contributed by atoms with Crippen molar-refractivity contribution in [2.75, 3.05) is 12.4 Å². The molecule has 1 N–H and O–H groups in total. The van der Waals surface area contributed by atoms with Crippen LogP contribution < -0.4 is 5.32 Å². The van der Waals surface area contributed by atoms with Crippen molar-refractivity contribution in [2.24, 2.45) is 0 Å². The summed E-state index contributed by atoms with van der Waals surface area (Å²) in [4.78, 5) is 38.3. The molecular weight excluding hydrogens is 366 g/mol. The number of thioether (sulfide) groups is 1. The van der Waals surface area contributed by atoms with Gasteiger partial charge in [0.15, 0.2) is 0 Å². The number of benzene rings is 1. The number of rotatable bonds is 3. The van der Waals surface area contributed by atoms with E-state index in [1.165, 1.54) is 18.2 Å². The van der Waals surface area contributed by atoms with Crippen molar-refractivity contribution in [3.63, 3.8) is 0 Å². The van der Waals surface area contributed by atoms with Crippen molar-refractivity contribution in [1.29, 1.82) is 5.26 Å². The molecule has 1 unspecified atom stereocenters. The van der Waals surface area contributed by atoms with E-state index in [4.69, 9.17) is 0 Å². The number of carbonyl (C=O) groups is 3. The van der Waals surface area contributed by atoms with E-state index in [9.17, 15) is 19.6 Å². The maximum absolute atomic E-state index is 12.7. The zero-order chi connectivity index (χ0) is 19.6. The van der Waals surface area contributed by atoms with E-state index in [1.54, 1.807) is 31.2 Å². The third kappa shape index (κ3) is 3.50. The Hall–Kier alpha value is -3.31. The quantitative estimate of drug-likeness (QED) is 0.807. The number of nitrogens with zero attached hydrogens (tertiary/aromatic N) is 2. The fraction of sp³-hybridized carbons (Fsp3) is 0.158. The first-order chi connectivity index (χ1) is 13.0. The predicted octanol–water partition coefficient (Wildman–Crippen LogP) is 2.32. The maximum atomic E-state index is 12.7. The Morgan fingerprint density at radius 2 is 2.00 bits per heavy atom. The van der Waals surface area contributed by atoms with Gasteiger partial charge >= 0.3 is 5.97 Å². The predicted molar refractivity (Wildman–Crippen MR) is 99.8 cm³/mol. The monoisotopic (exact) mass is 381 g/mol. The van der Waals surface area contributed by atoms with E-state index in [2.05, 4.69) is 16.1 Å². The molecule has 136 valence electrons. The summed E-state index contributed by atoms with van der Waals surface area (Å²) in [6, 6.07) is 10.9.